The van der Waals surface area contributed by atoms with Crippen LogP contribution in [0.4, 0.5) is 0 Å². The summed E-state index contributed by atoms with van der Waals surface area (Å²) in [6.07, 6.45) is 3.18. The van der Waals surface area contributed by atoms with E-state index in [2.05, 4.69) is 11.6 Å². The van der Waals surface area contributed by atoms with Gasteiger partial charge in [0.25, 0.3) is 0 Å². The fraction of sp³-hybridized carbons (Fsp3) is 0.500. The van der Waals surface area contributed by atoms with Gasteiger partial charge in [0.1, 0.15) is 0 Å². The van der Waals surface area contributed by atoms with Crippen molar-refractivity contribution in [2.24, 2.45) is 11.7 Å². The van der Waals surface area contributed by atoms with Crippen LogP contribution in [0.2, 0.25) is 0 Å². The van der Waals surface area contributed by atoms with Gasteiger partial charge in [-0.2, -0.15) is 4.72 Å². The van der Waals surface area contributed by atoms with E-state index in [9.17, 15) is 8.42 Å². The molecule has 1 aromatic rings. The molecule has 0 amide bonds. The van der Waals surface area contributed by atoms with E-state index in [4.69, 9.17) is 18.0 Å². The minimum absolute atomic E-state index is 0.240. The van der Waals surface area contributed by atoms with Crippen LogP contribution in [0.1, 0.15) is 32.6 Å². The van der Waals surface area contributed by atoms with Gasteiger partial charge in [0.15, 0.2) is 0 Å². The number of sulfonamides is 1. The molecule has 0 aromatic heterocycles. The predicted octanol–water partition coefficient (Wildman–Crippen LogP) is 2.20. The van der Waals surface area contributed by atoms with E-state index in [0.29, 0.717) is 18.8 Å². The second-order valence-electron chi connectivity index (χ2n) is 5.55. The lowest BCUT2D eigenvalue weighted by Crippen LogP contribution is -2.58. The van der Waals surface area contributed by atoms with E-state index in [1.165, 1.54) is 0 Å². The van der Waals surface area contributed by atoms with Gasteiger partial charge in [-0.1, -0.05) is 37.3 Å². The Morgan fingerprint density at radius 3 is 2.35 bits per heavy atom. The third-order valence-corrected chi connectivity index (χ3v) is 5.93. The largest absolute Gasteiger partial charge is 0.392 e. The topological polar surface area (TPSA) is 72.2 Å². The molecule has 0 aliphatic heterocycles. The normalized spacial score (nSPS) is 27.1. The van der Waals surface area contributed by atoms with E-state index in [1.54, 1.807) is 30.3 Å². The highest BCUT2D eigenvalue weighted by atomic mass is 32.2. The van der Waals surface area contributed by atoms with Crippen molar-refractivity contribution in [3.63, 3.8) is 0 Å². The monoisotopic (exact) mass is 312 g/mol. The third kappa shape index (κ3) is 3.19. The average Bonchev–Trinajstić information content (AvgIpc) is 2.42. The maximum absolute atomic E-state index is 12.5. The standard InChI is InChI=1S/C14H20N2O2S2/c1-11-7-9-14(10-8-11,13(15)19)16-20(17,18)12-5-3-2-4-6-12/h2-6,11,16H,7-10H2,1H3,(H2,15,19). The van der Waals surface area contributed by atoms with Crippen LogP contribution in [-0.2, 0) is 10.0 Å². The molecule has 4 nitrogen and oxygen atoms in total. The second-order valence-corrected chi connectivity index (χ2v) is 7.67. The molecule has 0 unspecified atom stereocenters. The van der Waals surface area contributed by atoms with E-state index in [0.717, 1.165) is 12.8 Å². The van der Waals surface area contributed by atoms with Gasteiger partial charge in [-0.25, -0.2) is 8.42 Å². The number of nitrogens with two attached hydrogens (primary N) is 1. The molecule has 6 heteroatoms. The Bertz CT molecular complexity index is 576. The molecule has 1 aromatic carbocycles. The number of hydrogen-bond acceptors (Lipinski definition) is 3. The molecule has 1 aliphatic rings. The van der Waals surface area contributed by atoms with E-state index in [-0.39, 0.29) is 9.88 Å². The molecule has 0 saturated heterocycles. The number of nitrogens with one attached hydrogen (secondary N) is 1. The quantitative estimate of drug-likeness (QED) is 0.836. The maximum atomic E-state index is 12.5. The highest BCUT2D eigenvalue weighted by molar-refractivity contribution is 7.89. The maximum Gasteiger partial charge on any atom is 0.241 e. The summed E-state index contributed by atoms with van der Waals surface area (Å²) in [5.74, 6) is 0.582. The van der Waals surface area contributed by atoms with Crippen molar-refractivity contribution in [1.82, 2.24) is 4.72 Å². The van der Waals surface area contributed by atoms with Crippen molar-refractivity contribution >= 4 is 27.2 Å². The zero-order chi connectivity index (χ0) is 14.8. The zero-order valence-corrected chi connectivity index (χ0v) is 13.1. The van der Waals surface area contributed by atoms with Crippen LogP contribution in [-0.4, -0.2) is 18.9 Å². The van der Waals surface area contributed by atoms with E-state index in [1.807, 2.05) is 0 Å². The highest BCUT2D eigenvalue weighted by Crippen LogP contribution is 2.33. The Morgan fingerprint density at radius 1 is 1.30 bits per heavy atom. The highest BCUT2D eigenvalue weighted by Gasteiger charge is 2.40. The Labute approximate surface area is 125 Å². The number of hydrogen-bond donors (Lipinski definition) is 2. The van der Waals surface area contributed by atoms with Crippen molar-refractivity contribution in [3.8, 4) is 0 Å². The smallest absolute Gasteiger partial charge is 0.241 e. The fourth-order valence-electron chi connectivity index (χ4n) is 2.57. The minimum atomic E-state index is -3.60. The van der Waals surface area contributed by atoms with E-state index >= 15 is 0 Å². The zero-order valence-electron chi connectivity index (χ0n) is 11.5. The van der Waals surface area contributed by atoms with Crippen LogP contribution >= 0.6 is 12.2 Å². The summed E-state index contributed by atoms with van der Waals surface area (Å²) >= 11 is 5.14. The average molecular weight is 312 g/mol. The van der Waals surface area contributed by atoms with Gasteiger partial charge in [-0.15, -0.1) is 0 Å². The minimum Gasteiger partial charge on any atom is -0.392 e. The molecule has 20 heavy (non-hydrogen) atoms. The van der Waals surface area contributed by atoms with Crippen LogP contribution in [0.3, 0.4) is 0 Å². The molecule has 0 atom stereocenters. The van der Waals surface area contributed by atoms with Crippen molar-refractivity contribution in [2.75, 3.05) is 0 Å². The molecule has 0 bridgehead atoms. The Morgan fingerprint density at radius 2 is 1.85 bits per heavy atom. The van der Waals surface area contributed by atoms with Gasteiger partial charge in [-0.3, -0.25) is 0 Å². The summed E-state index contributed by atoms with van der Waals surface area (Å²) < 4.78 is 27.7. The lowest BCUT2D eigenvalue weighted by atomic mass is 9.78. The molecular weight excluding hydrogens is 292 g/mol. The number of benzene rings is 1. The summed E-state index contributed by atoms with van der Waals surface area (Å²) in [7, 11) is -3.60. The number of rotatable bonds is 4. The third-order valence-electron chi connectivity index (χ3n) is 3.98. The summed E-state index contributed by atoms with van der Waals surface area (Å²) in [5, 5.41) is 0. The first-order chi connectivity index (χ1) is 9.36. The lowest BCUT2D eigenvalue weighted by molar-refractivity contribution is 0.289. The summed E-state index contributed by atoms with van der Waals surface area (Å²) in [4.78, 5) is 0.484. The van der Waals surface area contributed by atoms with Crippen LogP contribution in [0, 0.1) is 5.92 Å². The first-order valence-corrected chi connectivity index (χ1v) is 8.64. The summed E-state index contributed by atoms with van der Waals surface area (Å²) in [6.45, 7) is 2.16. The van der Waals surface area contributed by atoms with E-state index < -0.39 is 15.6 Å². The second kappa shape index (κ2) is 5.79. The number of thiocarbonyl (C=S) groups is 1. The Hall–Kier alpha value is -0.980. The van der Waals surface area contributed by atoms with Crippen LogP contribution in [0.5, 0.6) is 0 Å². The molecule has 0 radical (unpaired) electrons. The lowest BCUT2D eigenvalue weighted by Gasteiger charge is -2.38. The van der Waals surface area contributed by atoms with Crippen LogP contribution in [0.25, 0.3) is 0 Å². The molecule has 1 fully saturated rings. The molecular formula is C14H20N2O2S2. The Balaban J connectivity index is 2.27. The van der Waals surface area contributed by atoms with Crippen molar-refractivity contribution in [2.45, 2.75) is 43.0 Å². The molecule has 0 heterocycles. The van der Waals surface area contributed by atoms with Crippen LogP contribution < -0.4 is 10.5 Å². The fourth-order valence-corrected chi connectivity index (χ4v) is 4.35. The molecule has 1 aliphatic carbocycles. The van der Waals surface area contributed by atoms with Gasteiger partial charge >= 0.3 is 0 Å². The van der Waals surface area contributed by atoms with Crippen molar-refractivity contribution in [1.29, 1.82) is 0 Å². The molecule has 1 saturated carbocycles. The molecule has 2 rings (SSSR count). The molecule has 3 N–H and O–H groups in total. The van der Waals surface area contributed by atoms with Crippen LogP contribution in [0.15, 0.2) is 35.2 Å². The molecule has 0 spiro atoms. The SMILES string of the molecule is CC1CCC(NS(=O)(=O)c2ccccc2)(C(N)=S)CC1. The van der Waals surface area contributed by atoms with Crippen molar-refractivity contribution < 1.29 is 8.42 Å². The molecule has 110 valence electrons. The Kier molecular flexibility index (Phi) is 4.46. The first kappa shape index (κ1) is 15.4. The van der Waals surface area contributed by atoms with Gasteiger partial charge in [0, 0.05) is 0 Å². The van der Waals surface area contributed by atoms with Gasteiger partial charge in [-0.05, 0) is 43.7 Å². The first-order valence-electron chi connectivity index (χ1n) is 6.75. The summed E-state index contributed by atoms with van der Waals surface area (Å²) in [5.41, 5.74) is 5.06. The van der Waals surface area contributed by atoms with Crippen molar-refractivity contribution in [3.05, 3.63) is 30.3 Å². The summed E-state index contributed by atoms with van der Waals surface area (Å²) in [6, 6.07) is 8.32. The van der Waals surface area contributed by atoms with Gasteiger partial charge in [0.2, 0.25) is 10.0 Å². The predicted molar refractivity (Wildman–Crippen MR) is 83.9 cm³/mol. The van der Waals surface area contributed by atoms with Gasteiger partial charge in [0.05, 0.1) is 15.4 Å². The van der Waals surface area contributed by atoms with Gasteiger partial charge < -0.3 is 5.73 Å².